The standard InChI is InChI=1S/C23H28N4O2/c1-4-22(28)24-11-7-10-21-26-19-8-5-6-9-20(19)27(21)15-23(29)25-18-13-16(2)12-17(3)14-18/h5-6,8-9,12-14H,4,7,10-11,15H2,1-3H3,(H,24,28)(H,25,29). The monoisotopic (exact) mass is 392 g/mol. The number of nitrogens with one attached hydrogen (secondary N) is 2. The Bertz CT molecular complexity index is 1000. The number of anilines is 1. The van der Waals surface area contributed by atoms with Gasteiger partial charge in [0.1, 0.15) is 12.4 Å². The van der Waals surface area contributed by atoms with Gasteiger partial charge in [0.05, 0.1) is 11.0 Å². The van der Waals surface area contributed by atoms with Crippen LogP contribution in [0.4, 0.5) is 5.69 Å². The molecular weight excluding hydrogens is 364 g/mol. The van der Waals surface area contributed by atoms with Crippen molar-refractivity contribution in [2.24, 2.45) is 0 Å². The van der Waals surface area contributed by atoms with E-state index in [1.807, 2.05) is 61.7 Å². The topological polar surface area (TPSA) is 76.0 Å². The predicted octanol–water partition coefficient (Wildman–Crippen LogP) is 3.75. The SMILES string of the molecule is CCC(=O)NCCCc1nc2ccccc2n1CC(=O)Nc1cc(C)cc(C)c1. The number of aromatic nitrogens is 2. The minimum absolute atomic E-state index is 0.0475. The zero-order valence-corrected chi connectivity index (χ0v) is 17.3. The fraction of sp³-hybridized carbons (Fsp3) is 0.348. The highest BCUT2D eigenvalue weighted by molar-refractivity contribution is 5.92. The van der Waals surface area contributed by atoms with E-state index in [0.29, 0.717) is 19.4 Å². The Morgan fingerprint density at radius 1 is 1.03 bits per heavy atom. The van der Waals surface area contributed by atoms with Gasteiger partial charge in [-0.2, -0.15) is 0 Å². The average Bonchev–Trinajstić information content (AvgIpc) is 3.01. The zero-order chi connectivity index (χ0) is 20.8. The Hall–Kier alpha value is -3.15. The van der Waals surface area contributed by atoms with Gasteiger partial charge in [0.2, 0.25) is 11.8 Å². The second kappa shape index (κ2) is 9.37. The first-order chi connectivity index (χ1) is 14.0. The van der Waals surface area contributed by atoms with Crippen LogP contribution in [0.5, 0.6) is 0 Å². The summed E-state index contributed by atoms with van der Waals surface area (Å²) in [4.78, 5) is 28.9. The number of amides is 2. The first kappa shape index (κ1) is 20.6. The molecule has 0 atom stereocenters. The molecule has 2 aromatic carbocycles. The molecule has 0 fully saturated rings. The summed E-state index contributed by atoms with van der Waals surface area (Å²) in [6.45, 7) is 6.67. The van der Waals surface area contributed by atoms with Crippen LogP contribution in [-0.2, 0) is 22.6 Å². The molecule has 0 spiro atoms. The fourth-order valence-corrected chi connectivity index (χ4v) is 3.48. The van der Waals surface area contributed by atoms with Gasteiger partial charge in [-0.15, -0.1) is 0 Å². The first-order valence-electron chi connectivity index (χ1n) is 10.0. The number of aryl methyl sites for hydroxylation is 3. The zero-order valence-electron chi connectivity index (χ0n) is 17.3. The molecule has 2 N–H and O–H groups in total. The summed E-state index contributed by atoms with van der Waals surface area (Å²) in [7, 11) is 0. The molecule has 0 radical (unpaired) electrons. The third-order valence-corrected chi connectivity index (χ3v) is 4.76. The molecular formula is C23H28N4O2. The summed E-state index contributed by atoms with van der Waals surface area (Å²) >= 11 is 0. The lowest BCUT2D eigenvalue weighted by Crippen LogP contribution is -2.24. The predicted molar refractivity (Wildman–Crippen MR) is 116 cm³/mol. The third-order valence-electron chi connectivity index (χ3n) is 4.76. The van der Waals surface area contributed by atoms with Gasteiger partial charge in [0, 0.05) is 25.1 Å². The second-order valence-electron chi connectivity index (χ2n) is 7.33. The van der Waals surface area contributed by atoms with E-state index in [2.05, 4.69) is 16.7 Å². The van der Waals surface area contributed by atoms with Crippen LogP contribution in [0.1, 0.15) is 36.7 Å². The van der Waals surface area contributed by atoms with Gasteiger partial charge in [0.25, 0.3) is 0 Å². The van der Waals surface area contributed by atoms with Crippen LogP contribution in [0, 0.1) is 13.8 Å². The van der Waals surface area contributed by atoms with Gasteiger partial charge in [-0.25, -0.2) is 4.98 Å². The van der Waals surface area contributed by atoms with E-state index >= 15 is 0 Å². The van der Waals surface area contributed by atoms with Crippen molar-refractivity contribution in [1.82, 2.24) is 14.9 Å². The summed E-state index contributed by atoms with van der Waals surface area (Å²) in [5.41, 5.74) is 4.85. The van der Waals surface area contributed by atoms with Crippen molar-refractivity contribution in [2.45, 2.75) is 46.6 Å². The number of hydrogen-bond donors (Lipinski definition) is 2. The lowest BCUT2D eigenvalue weighted by Gasteiger charge is -2.11. The summed E-state index contributed by atoms with van der Waals surface area (Å²) < 4.78 is 1.97. The number of fused-ring (bicyclic) bond motifs is 1. The molecule has 3 aromatic rings. The van der Waals surface area contributed by atoms with E-state index in [9.17, 15) is 9.59 Å². The van der Waals surface area contributed by atoms with Crippen LogP contribution in [0.3, 0.4) is 0 Å². The normalized spacial score (nSPS) is 10.9. The fourth-order valence-electron chi connectivity index (χ4n) is 3.48. The summed E-state index contributed by atoms with van der Waals surface area (Å²) in [5, 5.41) is 5.88. The van der Waals surface area contributed by atoms with Crippen LogP contribution in [0.25, 0.3) is 11.0 Å². The maximum absolute atomic E-state index is 12.7. The van der Waals surface area contributed by atoms with Crippen LogP contribution in [-0.4, -0.2) is 27.9 Å². The van der Waals surface area contributed by atoms with E-state index in [1.165, 1.54) is 0 Å². The average molecular weight is 393 g/mol. The summed E-state index contributed by atoms with van der Waals surface area (Å²) in [6, 6.07) is 13.8. The Kier molecular flexibility index (Phi) is 6.65. The first-order valence-corrected chi connectivity index (χ1v) is 10.0. The molecule has 0 aliphatic carbocycles. The van der Waals surface area contributed by atoms with Crippen molar-refractivity contribution in [3.63, 3.8) is 0 Å². The van der Waals surface area contributed by atoms with Crippen molar-refractivity contribution >= 4 is 28.5 Å². The number of para-hydroxylation sites is 2. The summed E-state index contributed by atoms with van der Waals surface area (Å²) in [6.07, 6.45) is 1.94. The number of imidazole rings is 1. The van der Waals surface area contributed by atoms with E-state index < -0.39 is 0 Å². The highest BCUT2D eigenvalue weighted by atomic mass is 16.2. The number of benzene rings is 2. The van der Waals surface area contributed by atoms with E-state index in [4.69, 9.17) is 4.98 Å². The smallest absolute Gasteiger partial charge is 0.244 e. The van der Waals surface area contributed by atoms with Crippen molar-refractivity contribution in [3.05, 3.63) is 59.4 Å². The number of nitrogens with zero attached hydrogens (tertiary/aromatic N) is 2. The minimum atomic E-state index is -0.0845. The third kappa shape index (κ3) is 5.44. The number of hydrogen-bond acceptors (Lipinski definition) is 3. The maximum Gasteiger partial charge on any atom is 0.244 e. The number of carbonyl (C=O) groups is 2. The van der Waals surface area contributed by atoms with Gasteiger partial charge >= 0.3 is 0 Å². The molecule has 29 heavy (non-hydrogen) atoms. The lowest BCUT2D eigenvalue weighted by atomic mass is 10.1. The molecule has 0 bridgehead atoms. The van der Waals surface area contributed by atoms with Gasteiger partial charge < -0.3 is 15.2 Å². The highest BCUT2D eigenvalue weighted by Gasteiger charge is 2.14. The largest absolute Gasteiger partial charge is 0.356 e. The molecule has 1 heterocycles. The van der Waals surface area contributed by atoms with Crippen LogP contribution >= 0.6 is 0 Å². The van der Waals surface area contributed by atoms with Crippen LogP contribution < -0.4 is 10.6 Å². The summed E-state index contributed by atoms with van der Waals surface area (Å²) in [5.74, 6) is 0.817. The molecule has 0 aliphatic rings. The molecule has 0 unspecified atom stereocenters. The van der Waals surface area contributed by atoms with Crippen molar-refractivity contribution in [2.75, 3.05) is 11.9 Å². The Labute approximate surface area is 171 Å². The molecule has 0 aliphatic heterocycles. The quantitative estimate of drug-likeness (QED) is 0.573. The Morgan fingerprint density at radius 3 is 2.48 bits per heavy atom. The Balaban J connectivity index is 1.74. The molecule has 1 aromatic heterocycles. The lowest BCUT2D eigenvalue weighted by molar-refractivity contribution is -0.120. The molecule has 152 valence electrons. The maximum atomic E-state index is 12.7. The van der Waals surface area contributed by atoms with Crippen molar-refractivity contribution in [3.8, 4) is 0 Å². The molecule has 0 saturated heterocycles. The van der Waals surface area contributed by atoms with Gasteiger partial charge in [-0.3, -0.25) is 9.59 Å². The molecule has 3 rings (SSSR count). The van der Waals surface area contributed by atoms with Crippen LogP contribution in [0.2, 0.25) is 0 Å². The Morgan fingerprint density at radius 2 is 1.76 bits per heavy atom. The number of carbonyl (C=O) groups excluding carboxylic acids is 2. The molecule has 0 saturated carbocycles. The van der Waals surface area contributed by atoms with Crippen molar-refractivity contribution < 1.29 is 9.59 Å². The van der Waals surface area contributed by atoms with Gasteiger partial charge in [-0.05, 0) is 55.7 Å². The van der Waals surface area contributed by atoms with E-state index in [-0.39, 0.29) is 18.4 Å². The van der Waals surface area contributed by atoms with Crippen molar-refractivity contribution in [1.29, 1.82) is 0 Å². The molecule has 6 nitrogen and oxygen atoms in total. The second-order valence-corrected chi connectivity index (χ2v) is 7.33. The minimum Gasteiger partial charge on any atom is -0.356 e. The van der Waals surface area contributed by atoms with Gasteiger partial charge in [0.15, 0.2) is 0 Å². The molecule has 6 heteroatoms. The van der Waals surface area contributed by atoms with Gasteiger partial charge in [-0.1, -0.05) is 25.1 Å². The van der Waals surface area contributed by atoms with Crippen LogP contribution in [0.15, 0.2) is 42.5 Å². The highest BCUT2D eigenvalue weighted by Crippen LogP contribution is 2.18. The number of rotatable bonds is 8. The van der Waals surface area contributed by atoms with E-state index in [1.54, 1.807) is 0 Å². The van der Waals surface area contributed by atoms with E-state index in [0.717, 1.165) is 40.1 Å². The molecule has 2 amide bonds.